The quantitative estimate of drug-likeness (QED) is 0.0945. The van der Waals surface area contributed by atoms with Gasteiger partial charge in [-0.2, -0.15) is 0 Å². The molecule has 4 amide bonds. The highest BCUT2D eigenvalue weighted by molar-refractivity contribution is 5.83. The number of hydrogen-bond donors (Lipinski definition) is 2. The molecule has 0 radical (unpaired) electrons. The van der Waals surface area contributed by atoms with Crippen LogP contribution >= 0.6 is 0 Å². The molecule has 1 aromatic rings. The van der Waals surface area contributed by atoms with Gasteiger partial charge in [0.05, 0.1) is 57.3 Å². The Balaban J connectivity index is 1.39. The summed E-state index contributed by atoms with van der Waals surface area (Å²) in [6, 6.07) is 0.857. The number of nitrogens with one attached hydrogen (secondary N) is 2. The van der Waals surface area contributed by atoms with Crippen LogP contribution in [0.15, 0.2) is 18.5 Å². The van der Waals surface area contributed by atoms with Gasteiger partial charge in [0.2, 0.25) is 17.7 Å². The number of aromatic nitrogens is 1. The van der Waals surface area contributed by atoms with Gasteiger partial charge in [0.15, 0.2) is 0 Å². The number of pyridine rings is 1. The third-order valence-corrected chi connectivity index (χ3v) is 13.7. The molecule has 2 atom stereocenters. The molecule has 1 aromatic heterocycles. The van der Waals surface area contributed by atoms with E-state index in [0.29, 0.717) is 115 Å². The van der Waals surface area contributed by atoms with Crippen molar-refractivity contribution in [1.29, 1.82) is 0 Å². The second-order valence-corrected chi connectivity index (χ2v) is 27.5. The topological polar surface area (TPSA) is 248 Å². The number of amides is 4. The molecule has 3 fully saturated rings. The van der Waals surface area contributed by atoms with Gasteiger partial charge in [0, 0.05) is 91.2 Å². The lowest BCUT2D eigenvalue weighted by molar-refractivity contribution is -0.158. The van der Waals surface area contributed by atoms with E-state index in [2.05, 4.69) is 15.6 Å². The molecule has 0 bridgehead atoms. The summed E-state index contributed by atoms with van der Waals surface area (Å²) in [5.74, 6) is -2.15. The monoisotopic (exact) mass is 1190 g/mol. The van der Waals surface area contributed by atoms with Crippen LogP contribution in [-0.4, -0.2) is 228 Å². The Morgan fingerprint density at radius 2 is 1.00 bits per heavy atom. The maximum absolute atomic E-state index is 14.1. The van der Waals surface area contributed by atoms with E-state index in [1.54, 1.807) is 42.8 Å². The fourth-order valence-corrected chi connectivity index (χ4v) is 9.93. The summed E-state index contributed by atoms with van der Waals surface area (Å²) < 4.78 is 34.3. The molecule has 0 aromatic carbocycles. The summed E-state index contributed by atoms with van der Waals surface area (Å²) in [4.78, 5) is 122. The summed E-state index contributed by atoms with van der Waals surface area (Å²) >= 11 is 0. The van der Waals surface area contributed by atoms with Crippen molar-refractivity contribution in [2.75, 3.05) is 118 Å². The van der Waals surface area contributed by atoms with Crippen molar-refractivity contribution in [3.8, 4) is 5.75 Å². The van der Waals surface area contributed by atoms with Crippen LogP contribution in [0.4, 0.5) is 4.79 Å². The van der Waals surface area contributed by atoms with E-state index in [0.717, 1.165) is 12.8 Å². The Labute approximate surface area is 500 Å². The zero-order valence-electron chi connectivity index (χ0n) is 53.5. The number of ether oxygens (including phenoxy) is 6. The van der Waals surface area contributed by atoms with E-state index in [1.165, 1.54) is 6.20 Å². The predicted octanol–water partition coefficient (Wildman–Crippen LogP) is 5.38. The number of esters is 4. The largest absolute Gasteiger partial charge is 0.490 e. The van der Waals surface area contributed by atoms with Crippen molar-refractivity contribution in [2.45, 2.75) is 183 Å². The number of piperidine rings is 2. The number of likely N-dealkylation sites (tertiary alicyclic amines) is 2. The molecule has 0 aliphatic carbocycles. The fourth-order valence-electron chi connectivity index (χ4n) is 9.93. The molecule has 3 aliphatic heterocycles. The van der Waals surface area contributed by atoms with Crippen LogP contribution in [0.3, 0.4) is 0 Å². The van der Waals surface area contributed by atoms with Gasteiger partial charge < -0.3 is 48.9 Å². The Morgan fingerprint density at radius 1 is 0.548 bits per heavy atom. The van der Waals surface area contributed by atoms with Gasteiger partial charge >= 0.3 is 30.0 Å². The summed E-state index contributed by atoms with van der Waals surface area (Å²) in [7, 11) is 0. The summed E-state index contributed by atoms with van der Waals surface area (Å²) in [6.45, 7) is 32.5. The number of hydrogen-bond acceptors (Lipinski definition) is 19. The Hall–Kier alpha value is -5.65. The molecule has 0 unspecified atom stereocenters. The van der Waals surface area contributed by atoms with Crippen LogP contribution in [0.2, 0.25) is 0 Å². The first-order valence-corrected chi connectivity index (χ1v) is 30.1. The minimum atomic E-state index is -0.836. The summed E-state index contributed by atoms with van der Waals surface area (Å²) in [6.07, 6.45) is 6.40. The Morgan fingerprint density at radius 3 is 1.46 bits per heavy atom. The average Bonchev–Trinajstić information content (AvgIpc) is 3.34. The van der Waals surface area contributed by atoms with Crippen molar-refractivity contribution in [1.82, 2.24) is 45.0 Å². The van der Waals surface area contributed by atoms with Crippen molar-refractivity contribution >= 4 is 47.7 Å². The highest BCUT2D eigenvalue weighted by Crippen LogP contribution is 2.28. The molecule has 4 heterocycles. The zero-order valence-corrected chi connectivity index (χ0v) is 53.5. The van der Waals surface area contributed by atoms with Crippen molar-refractivity contribution in [2.24, 2.45) is 11.8 Å². The Bertz CT molecular complexity index is 2280. The number of carbonyl (C=O) groups is 8. The van der Waals surface area contributed by atoms with Gasteiger partial charge in [-0.1, -0.05) is 0 Å². The van der Waals surface area contributed by atoms with E-state index in [9.17, 15) is 38.4 Å². The fraction of sp³-hybridized carbons (Fsp3) is 0.787. The van der Waals surface area contributed by atoms with E-state index >= 15 is 0 Å². The van der Waals surface area contributed by atoms with Crippen LogP contribution < -0.4 is 15.4 Å². The van der Waals surface area contributed by atoms with Gasteiger partial charge in [0.25, 0.3) is 0 Å². The van der Waals surface area contributed by atoms with Gasteiger partial charge in [0.1, 0.15) is 40.4 Å². The molecular formula is C61H103N9O14. The molecular weight excluding hydrogens is 1080 g/mol. The second kappa shape index (κ2) is 32.2. The molecule has 476 valence electrons. The van der Waals surface area contributed by atoms with Gasteiger partial charge in [-0.05, 0) is 154 Å². The molecule has 0 spiro atoms. The standard InChI is InChI=1S/C61H103N9O14/c1-57(2,3)80-51(73)36-48(64-55(77)45-17-16-23-70(39-45)50(72)19-18-44-20-24-69(25-21-44)56(78)84-61(13,14)15)46-35-47(38-62-37-46)79-34-22-63-49(71)40-65-26-28-66(41-52(74)81-58(4,5)6)30-32-68(43-54(76)83-60(10,11)12)33-31-67(29-27-65)42-53(75)82-59(7,8)9/h35,37-38,44-45,48H,16-34,36,39-43H2,1-15H3,(H,63,71)(H,64,77)/t45-,48+/m1/s1. The molecule has 3 aliphatic rings. The average molecular weight is 1190 g/mol. The number of carbonyl (C=O) groups excluding carboxylic acids is 8. The van der Waals surface area contributed by atoms with E-state index in [1.807, 2.05) is 103 Å². The minimum Gasteiger partial charge on any atom is -0.490 e. The predicted molar refractivity (Wildman–Crippen MR) is 316 cm³/mol. The SMILES string of the molecule is CC(C)(C)OC(=O)C[C@H](NC(=O)[C@@H]1CCCN(C(=O)CCC2CCN(C(=O)OC(C)(C)C)CC2)C1)c1cncc(OCCNC(=O)CN2CCN(CC(=O)OC(C)(C)C)CCN(CC(=O)OC(C)(C)C)CCN(CC(=O)OC(C)(C)C)CC2)c1. The molecule has 2 N–H and O–H groups in total. The maximum Gasteiger partial charge on any atom is 0.410 e. The van der Waals surface area contributed by atoms with Crippen LogP contribution in [0.25, 0.3) is 0 Å². The van der Waals surface area contributed by atoms with Crippen LogP contribution in [0.1, 0.15) is 160 Å². The normalized spacial score (nSPS) is 18.7. The van der Waals surface area contributed by atoms with Crippen LogP contribution in [-0.2, 0) is 57.2 Å². The number of nitrogens with zero attached hydrogens (tertiary/aromatic N) is 7. The molecule has 0 saturated carbocycles. The molecule has 84 heavy (non-hydrogen) atoms. The lowest BCUT2D eigenvalue weighted by atomic mass is 9.91. The van der Waals surface area contributed by atoms with E-state index < -0.39 is 57.9 Å². The van der Waals surface area contributed by atoms with Crippen LogP contribution in [0.5, 0.6) is 5.75 Å². The van der Waals surface area contributed by atoms with Crippen molar-refractivity contribution in [3.63, 3.8) is 0 Å². The molecule has 3 saturated heterocycles. The van der Waals surface area contributed by atoms with Crippen molar-refractivity contribution < 1.29 is 66.8 Å². The van der Waals surface area contributed by atoms with Gasteiger partial charge in [-0.25, -0.2) is 4.79 Å². The first kappa shape index (κ1) is 70.8. The van der Waals surface area contributed by atoms with E-state index in [4.69, 9.17) is 28.4 Å². The highest BCUT2D eigenvalue weighted by atomic mass is 16.6. The summed E-state index contributed by atoms with van der Waals surface area (Å²) in [5.41, 5.74) is -2.91. The third kappa shape index (κ3) is 29.4. The lowest BCUT2D eigenvalue weighted by Crippen LogP contribution is -2.50. The molecule has 4 rings (SSSR count). The zero-order chi connectivity index (χ0) is 62.6. The Kier molecular flexibility index (Phi) is 27.1. The van der Waals surface area contributed by atoms with E-state index in [-0.39, 0.29) is 82.1 Å². The second-order valence-electron chi connectivity index (χ2n) is 27.5. The minimum absolute atomic E-state index is 0.000525. The first-order valence-electron chi connectivity index (χ1n) is 30.1. The lowest BCUT2D eigenvalue weighted by Gasteiger charge is -2.35. The van der Waals surface area contributed by atoms with Crippen LogP contribution in [0, 0.1) is 11.8 Å². The summed E-state index contributed by atoms with van der Waals surface area (Å²) in [5, 5.41) is 6.01. The third-order valence-electron chi connectivity index (χ3n) is 13.7. The first-order chi connectivity index (χ1) is 39.0. The maximum atomic E-state index is 14.1. The molecule has 23 nitrogen and oxygen atoms in total. The number of rotatable bonds is 20. The smallest absolute Gasteiger partial charge is 0.410 e. The highest BCUT2D eigenvalue weighted by Gasteiger charge is 2.34. The molecule has 23 heteroatoms. The van der Waals surface area contributed by atoms with Crippen molar-refractivity contribution in [3.05, 3.63) is 24.0 Å². The van der Waals surface area contributed by atoms with Gasteiger partial charge in [-0.15, -0.1) is 0 Å². The van der Waals surface area contributed by atoms with Gasteiger partial charge in [-0.3, -0.25) is 58.1 Å².